The van der Waals surface area contributed by atoms with Crippen LogP contribution in [0.15, 0.2) is 12.1 Å². The van der Waals surface area contributed by atoms with Crippen molar-refractivity contribution in [1.29, 1.82) is 0 Å². The maximum Gasteiger partial charge on any atom is 0.285 e. The van der Waals surface area contributed by atoms with Crippen LogP contribution in [0.4, 0.5) is 14.5 Å². The molecule has 8 heteroatoms. The van der Waals surface area contributed by atoms with Gasteiger partial charge in [0.05, 0.1) is 17.0 Å². The van der Waals surface area contributed by atoms with Crippen LogP contribution in [0.5, 0.6) is 0 Å². The zero-order chi connectivity index (χ0) is 15.6. The summed E-state index contributed by atoms with van der Waals surface area (Å²) in [6, 6.07) is 0.973. The summed E-state index contributed by atoms with van der Waals surface area (Å²) in [6.45, 7) is 3.44. The number of carbonyl (C=O) groups excluding carboxylic acids is 1. The van der Waals surface area contributed by atoms with Crippen LogP contribution in [0, 0.1) is 21.7 Å². The molecule has 0 bridgehead atoms. The summed E-state index contributed by atoms with van der Waals surface area (Å²) in [5.41, 5.74) is -1.13. The number of nitro groups is 1. The topological polar surface area (TPSA) is 75.5 Å². The monoisotopic (exact) mass is 299 g/mol. The van der Waals surface area contributed by atoms with Crippen molar-refractivity contribution in [2.45, 2.75) is 19.4 Å². The van der Waals surface area contributed by atoms with Gasteiger partial charge in [0.2, 0.25) is 0 Å². The Morgan fingerprint density at radius 1 is 1.43 bits per heavy atom. The largest absolute Gasteiger partial charge is 0.333 e. The van der Waals surface area contributed by atoms with Crippen LogP contribution in [0.3, 0.4) is 0 Å². The highest BCUT2D eigenvalue weighted by atomic mass is 19.2. The van der Waals surface area contributed by atoms with Crippen LogP contribution < -0.4 is 5.32 Å². The first-order valence-electron chi connectivity index (χ1n) is 6.60. The molecule has 1 N–H and O–H groups in total. The lowest BCUT2D eigenvalue weighted by Crippen LogP contribution is -2.59. The number of rotatable bonds is 5. The minimum absolute atomic E-state index is 0.0785. The third kappa shape index (κ3) is 2.99. The van der Waals surface area contributed by atoms with Crippen molar-refractivity contribution >= 4 is 11.6 Å². The number of halogens is 2. The summed E-state index contributed by atoms with van der Waals surface area (Å²) < 4.78 is 26.5. The van der Waals surface area contributed by atoms with Crippen molar-refractivity contribution in [1.82, 2.24) is 10.2 Å². The summed E-state index contributed by atoms with van der Waals surface area (Å²) in [5.74, 6) is -3.26. The molecule has 1 heterocycles. The Balaban J connectivity index is 2.40. The van der Waals surface area contributed by atoms with Crippen molar-refractivity contribution in [3.63, 3.8) is 0 Å². The fraction of sp³-hybridized carbons (Fsp3) is 0.462. The Morgan fingerprint density at radius 3 is 2.52 bits per heavy atom. The summed E-state index contributed by atoms with van der Waals surface area (Å²) in [4.78, 5) is 24.0. The standard InChI is InChI=1S/C13H15F2N3O3/c1-2-3-17(8-6-16-7-8)13(19)9-4-10(14)11(15)5-12(9)18(20)21/h4-5,8,16H,2-3,6-7H2,1H3. The first kappa shape index (κ1) is 15.3. The van der Waals surface area contributed by atoms with Gasteiger partial charge in [0.1, 0.15) is 5.56 Å². The van der Waals surface area contributed by atoms with Crippen molar-refractivity contribution in [3.05, 3.63) is 39.4 Å². The second-order valence-electron chi connectivity index (χ2n) is 4.85. The van der Waals surface area contributed by atoms with E-state index >= 15 is 0 Å². The van der Waals surface area contributed by atoms with Gasteiger partial charge in [0.25, 0.3) is 11.6 Å². The fourth-order valence-corrected chi connectivity index (χ4v) is 2.20. The predicted molar refractivity (Wildman–Crippen MR) is 71.0 cm³/mol. The molecule has 0 saturated carbocycles. The maximum atomic E-state index is 13.3. The Labute approximate surface area is 119 Å². The zero-order valence-corrected chi connectivity index (χ0v) is 11.4. The molecule has 0 aliphatic carbocycles. The molecule has 21 heavy (non-hydrogen) atoms. The van der Waals surface area contributed by atoms with Gasteiger partial charge in [-0.05, 0) is 12.5 Å². The van der Waals surface area contributed by atoms with E-state index in [9.17, 15) is 23.7 Å². The predicted octanol–water partition coefficient (Wildman–Crippen LogP) is 1.70. The molecule has 0 unspecified atom stereocenters. The third-order valence-corrected chi connectivity index (χ3v) is 3.39. The van der Waals surface area contributed by atoms with Crippen LogP contribution in [-0.2, 0) is 0 Å². The van der Waals surface area contributed by atoms with Crippen molar-refractivity contribution in [2.24, 2.45) is 0 Å². The molecule has 1 aromatic rings. The SMILES string of the molecule is CCCN(C(=O)c1cc(F)c(F)cc1[N+](=O)[O-])C1CNC1. The Kier molecular flexibility index (Phi) is 4.46. The van der Waals surface area contributed by atoms with Gasteiger partial charge in [-0.15, -0.1) is 0 Å². The number of hydrogen-bond donors (Lipinski definition) is 1. The quantitative estimate of drug-likeness (QED) is 0.663. The molecule has 1 saturated heterocycles. The van der Waals surface area contributed by atoms with E-state index in [1.807, 2.05) is 6.92 Å². The smallest absolute Gasteiger partial charge is 0.285 e. The third-order valence-electron chi connectivity index (χ3n) is 3.39. The highest BCUT2D eigenvalue weighted by Gasteiger charge is 2.33. The average Bonchev–Trinajstić information content (AvgIpc) is 2.37. The van der Waals surface area contributed by atoms with Crippen molar-refractivity contribution in [3.8, 4) is 0 Å². The summed E-state index contributed by atoms with van der Waals surface area (Å²) >= 11 is 0. The van der Waals surface area contributed by atoms with E-state index < -0.39 is 33.7 Å². The maximum absolute atomic E-state index is 13.3. The van der Waals surface area contributed by atoms with Crippen LogP contribution in [0.25, 0.3) is 0 Å². The van der Waals surface area contributed by atoms with Gasteiger partial charge in [0.15, 0.2) is 11.6 Å². The van der Waals surface area contributed by atoms with Gasteiger partial charge < -0.3 is 10.2 Å². The van der Waals surface area contributed by atoms with Crippen LogP contribution in [0.1, 0.15) is 23.7 Å². The van der Waals surface area contributed by atoms with Gasteiger partial charge in [0, 0.05) is 19.6 Å². The highest BCUT2D eigenvalue weighted by Crippen LogP contribution is 2.25. The van der Waals surface area contributed by atoms with E-state index in [-0.39, 0.29) is 6.04 Å². The van der Waals surface area contributed by atoms with Crippen LogP contribution in [0.2, 0.25) is 0 Å². The number of carbonyl (C=O) groups is 1. The van der Waals surface area contributed by atoms with E-state index in [1.54, 1.807) is 0 Å². The number of nitrogens with one attached hydrogen (secondary N) is 1. The van der Waals surface area contributed by atoms with Crippen molar-refractivity contribution < 1.29 is 18.5 Å². The number of nitro benzene ring substituents is 1. The second-order valence-corrected chi connectivity index (χ2v) is 4.85. The number of benzene rings is 1. The van der Waals surface area contributed by atoms with Gasteiger partial charge in [-0.25, -0.2) is 8.78 Å². The van der Waals surface area contributed by atoms with Gasteiger partial charge in [-0.1, -0.05) is 6.92 Å². The van der Waals surface area contributed by atoms with Gasteiger partial charge in [-0.2, -0.15) is 0 Å². The zero-order valence-electron chi connectivity index (χ0n) is 11.4. The first-order chi connectivity index (χ1) is 9.95. The van der Waals surface area contributed by atoms with E-state index in [4.69, 9.17) is 0 Å². The minimum atomic E-state index is -1.34. The van der Waals surface area contributed by atoms with E-state index in [0.717, 1.165) is 0 Å². The first-order valence-corrected chi connectivity index (χ1v) is 6.60. The Morgan fingerprint density at radius 2 is 2.05 bits per heavy atom. The molecule has 6 nitrogen and oxygen atoms in total. The minimum Gasteiger partial charge on any atom is -0.333 e. The Hall–Kier alpha value is -2.09. The fourth-order valence-electron chi connectivity index (χ4n) is 2.20. The van der Waals surface area contributed by atoms with E-state index in [0.29, 0.717) is 38.2 Å². The molecule has 2 rings (SSSR count). The van der Waals surface area contributed by atoms with E-state index in [1.165, 1.54) is 4.90 Å². The highest BCUT2D eigenvalue weighted by molar-refractivity contribution is 5.98. The normalized spacial score (nSPS) is 14.6. The molecule has 114 valence electrons. The summed E-state index contributed by atoms with van der Waals surface area (Å²) in [6.07, 6.45) is 0.666. The molecule has 0 spiro atoms. The molecular formula is C13H15F2N3O3. The number of amides is 1. The molecule has 1 aliphatic heterocycles. The Bertz CT molecular complexity index is 576. The summed E-state index contributed by atoms with van der Waals surface area (Å²) in [7, 11) is 0. The molecule has 0 atom stereocenters. The molecule has 1 aromatic carbocycles. The van der Waals surface area contributed by atoms with Crippen LogP contribution in [-0.4, -0.2) is 41.4 Å². The summed E-state index contributed by atoms with van der Waals surface area (Å²) in [5, 5.41) is 14.0. The molecule has 1 fully saturated rings. The van der Waals surface area contributed by atoms with Crippen molar-refractivity contribution in [2.75, 3.05) is 19.6 Å². The van der Waals surface area contributed by atoms with E-state index in [2.05, 4.69) is 5.32 Å². The molecular weight excluding hydrogens is 284 g/mol. The molecule has 1 amide bonds. The average molecular weight is 299 g/mol. The lowest BCUT2D eigenvalue weighted by Gasteiger charge is -2.38. The number of hydrogen-bond acceptors (Lipinski definition) is 4. The lowest BCUT2D eigenvalue weighted by atomic mass is 10.1. The van der Waals surface area contributed by atoms with Gasteiger partial charge in [-0.3, -0.25) is 14.9 Å². The lowest BCUT2D eigenvalue weighted by molar-refractivity contribution is -0.385. The second kappa shape index (κ2) is 6.13. The molecule has 1 aliphatic rings. The van der Waals surface area contributed by atoms with Gasteiger partial charge >= 0.3 is 0 Å². The molecule has 0 aromatic heterocycles. The van der Waals surface area contributed by atoms with Crippen LogP contribution >= 0.6 is 0 Å². The molecule has 0 radical (unpaired) electrons. The number of nitrogens with zero attached hydrogens (tertiary/aromatic N) is 2.